The summed E-state index contributed by atoms with van der Waals surface area (Å²) >= 11 is 0. The van der Waals surface area contributed by atoms with Crippen LogP contribution in [0.4, 0.5) is 5.69 Å². The molecule has 0 spiro atoms. The monoisotopic (exact) mass is 293 g/mol. The van der Waals surface area contributed by atoms with Gasteiger partial charge in [0.1, 0.15) is 0 Å². The van der Waals surface area contributed by atoms with Crippen molar-refractivity contribution in [1.82, 2.24) is 10.2 Å². The van der Waals surface area contributed by atoms with Gasteiger partial charge < -0.3 is 15.3 Å². The number of benzene rings is 1. The third-order valence-electron chi connectivity index (χ3n) is 3.83. The van der Waals surface area contributed by atoms with Crippen molar-refractivity contribution in [2.24, 2.45) is 0 Å². The minimum absolute atomic E-state index is 0.143. The quantitative estimate of drug-likeness (QED) is 0.650. The maximum atomic E-state index is 12.4. The van der Waals surface area contributed by atoms with Crippen LogP contribution in [0.3, 0.4) is 0 Å². The Kier molecular flexibility index (Phi) is 4.74. The third-order valence-corrected chi connectivity index (χ3v) is 3.83. The van der Waals surface area contributed by atoms with Gasteiger partial charge in [0.25, 0.3) is 5.91 Å². The van der Waals surface area contributed by atoms with Crippen LogP contribution in [0, 0.1) is 10.1 Å². The average Bonchev–Trinajstić information content (AvgIpc) is 2.74. The maximum absolute atomic E-state index is 12.4. The molecule has 0 aromatic heterocycles. The number of nitro groups is 1. The molecule has 1 unspecified atom stereocenters. The number of nitro benzene ring substituents is 1. The van der Waals surface area contributed by atoms with Crippen LogP contribution in [0.25, 0.3) is 0 Å². The number of aromatic hydroxyl groups is 1. The molecule has 1 aliphatic rings. The Morgan fingerprint density at radius 3 is 2.86 bits per heavy atom. The summed E-state index contributed by atoms with van der Waals surface area (Å²) in [5.41, 5.74) is -0.134. The van der Waals surface area contributed by atoms with E-state index in [-0.39, 0.29) is 17.5 Å². The molecular formula is C14H19N3O4. The van der Waals surface area contributed by atoms with Gasteiger partial charge in [0.2, 0.25) is 0 Å². The Morgan fingerprint density at radius 2 is 2.19 bits per heavy atom. The van der Waals surface area contributed by atoms with Crippen LogP contribution in [0.5, 0.6) is 5.75 Å². The Bertz CT molecular complexity index is 539. The van der Waals surface area contributed by atoms with Gasteiger partial charge in [0, 0.05) is 24.7 Å². The molecule has 1 heterocycles. The minimum atomic E-state index is -0.676. The summed E-state index contributed by atoms with van der Waals surface area (Å²) in [6.07, 6.45) is 2.81. The maximum Gasteiger partial charge on any atom is 0.310 e. The van der Waals surface area contributed by atoms with Crippen molar-refractivity contribution in [3.8, 4) is 5.75 Å². The lowest BCUT2D eigenvalue weighted by molar-refractivity contribution is -0.385. The van der Waals surface area contributed by atoms with E-state index in [1.54, 1.807) is 11.9 Å². The molecule has 1 aliphatic heterocycles. The standard InChI is InChI=1S/C14H19N3O4/c1-16(11-3-2-7-15-8-6-11)14(19)10-4-5-12(17(20)21)13(18)9-10/h4-5,9,11,15,18H,2-3,6-8H2,1H3. The topological polar surface area (TPSA) is 95.7 Å². The number of hydrogen-bond donors (Lipinski definition) is 2. The molecule has 0 bridgehead atoms. The number of phenols is 1. The minimum Gasteiger partial charge on any atom is -0.502 e. The van der Waals surface area contributed by atoms with E-state index in [9.17, 15) is 20.0 Å². The average molecular weight is 293 g/mol. The second kappa shape index (κ2) is 6.53. The predicted molar refractivity (Wildman–Crippen MR) is 77.4 cm³/mol. The molecule has 2 rings (SSSR count). The number of phenolic OH excluding ortho intramolecular Hbond substituents is 1. The molecule has 1 aromatic carbocycles. The van der Waals surface area contributed by atoms with Crippen molar-refractivity contribution in [2.75, 3.05) is 20.1 Å². The van der Waals surface area contributed by atoms with E-state index in [4.69, 9.17) is 0 Å². The number of nitrogens with zero attached hydrogens (tertiary/aromatic N) is 2. The molecule has 1 atom stereocenters. The van der Waals surface area contributed by atoms with E-state index in [1.807, 2.05) is 0 Å². The van der Waals surface area contributed by atoms with Gasteiger partial charge in [-0.1, -0.05) is 0 Å². The molecule has 1 fully saturated rings. The second-order valence-electron chi connectivity index (χ2n) is 5.21. The van der Waals surface area contributed by atoms with Gasteiger partial charge in [-0.05, 0) is 44.5 Å². The molecule has 1 saturated heterocycles. The number of carbonyl (C=O) groups is 1. The molecule has 0 saturated carbocycles. The van der Waals surface area contributed by atoms with Gasteiger partial charge in [-0.2, -0.15) is 0 Å². The van der Waals surface area contributed by atoms with Gasteiger partial charge in [-0.3, -0.25) is 14.9 Å². The van der Waals surface area contributed by atoms with Crippen LogP contribution >= 0.6 is 0 Å². The summed E-state index contributed by atoms with van der Waals surface area (Å²) in [5, 5.41) is 23.6. The lowest BCUT2D eigenvalue weighted by Gasteiger charge is -2.27. The van der Waals surface area contributed by atoms with Crippen molar-refractivity contribution < 1.29 is 14.8 Å². The first-order valence-corrected chi connectivity index (χ1v) is 6.96. The van der Waals surface area contributed by atoms with E-state index in [1.165, 1.54) is 6.07 Å². The van der Waals surface area contributed by atoms with Gasteiger partial charge in [0.05, 0.1) is 4.92 Å². The lowest BCUT2D eigenvalue weighted by Crippen LogP contribution is -2.37. The predicted octanol–water partition coefficient (Wildman–Crippen LogP) is 1.51. The van der Waals surface area contributed by atoms with Crippen LogP contribution in [-0.4, -0.2) is 47.0 Å². The Morgan fingerprint density at radius 1 is 1.43 bits per heavy atom. The van der Waals surface area contributed by atoms with Gasteiger partial charge >= 0.3 is 5.69 Å². The Hall–Kier alpha value is -2.15. The molecule has 2 N–H and O–H groups in total. The number of amides is 1. The lowest BCUT2D eigenvalue weighted by atomic mass is 10.1. The summed E-state index contributed by atoms with van der Waals surface area (Å²) < 4.78 is 0. The highest BCUT2D eigenvalue weighted by Crippen LogP contribution is 2.27. The largest absolute Gasteiger partial charge is 0.502 e. The van der Waals surface area contributed by atoms with Crippen molar-refractivity contribution >= 4 is 11.6 Å². The highest BCUT2D eigenvalue weighted by molar-refractivity contribution is 5.95. The summed E-state index contributed by atoms with van der Waals surface area (Å²) in [6, 6.07) is 3.84. The first-order chi connectivity index (χ1) is 10.0. The van der Waals surface area contributed by atoms with Crippen LogP contribution in [-0.2, 0) is 0 Å². The van der Waals surface area contributed by atoms with E-state index >= 15 is 0 Å². The van der Waals surface area contributed by atoms with E-state index in [2.05, 4.69) is 5.32 Å². The van der Waals surface area contributed by atoms with Gasteiger partial charge in [-0.25, -0.2) is 0 Å². The Labute approximate surface area is 122 Å². The highest BCUT2D eigenvalue weighted by atomic mass is 16.6. The fourth-order valence-electron chi connectivity index (χ4n) is 2.57. The molecule has 1 amide bonds. The number of rotatable bonds is 3. The molecule has 7 heteroatoms. The van der Waals surface area contributed by atoms with Crippen molar-refractivity contribution in [2.45, 2.75) is 25.3 Å². The highest BCUT2D eigenvalue weighted by Gasteiger charge is 2.24. The summed E-state index contributed by atoms with van der Waals surface area (Å²) in [4.78, 5) is 24.1. The fraction of sp³-hybridized carbons (Fsp3) is 0.500. The van der Waals surface area contributed by atoms with Crippen molar-refractivity contribution in [3.63, 3.8) is 0 Å². The molecule has 0 aliphatic carbocycles. The van der Waals surface area contributed by atoms with Crippen LogP contribution in [0.2, 0.25) is 0 Å². The second-order valence-corrected chi connectivity index (χ2v) is 5.21. The van der Waals surface area contributed by atoms with E-state index in [0.717, 1.165) is 44.5 Å². The molecule has 21 heavy (non-hydrogen) atoms. The van der Waals surface area contributed by atoms with E-state index < -0.39 is 16.4 Å². The molecule has 114 valence electrons. The molecule has 7 nitrogen and oxygen atoms in total. The van der Waals surface area contributed by atoms with Crippen LogP contribution in [0.1, 0.15) is 29.6 Å². The molecule has 0 radical (unpaired) electrons. The first kappa shape index (κ1) is 15.2. The number of carbonyl (C=O) groups excluding carboxylic acids is 1. The zero-order chi connectivity index (χ0) is 15.4. The third kappa shape index (κ3) is 3.49. The fourth-order valence-corrected chi connectivity index (χ4v) is 2.57. The zero-order valence-electron chi connectivity index (χ0n) is 11.9. The van der Waals surface area contributed by atoms with Crippen molar-refractivity contribution in [3.05, 3.63) is 33.9 Å². The SMILES string of the molecule is CN(C(=O)c1ccc([N+](=O)[O-])c(O)c1)C1CCCNCC1. The van der Waals surface area contributed by atoms with Gasteiger partial charge in [0.15, 0.2) is 5.75 Å². The zero-order valence-corrected chi connectivity index (χ0v) is 11.9. The van der Waals surface area contributed by atoms with E-state index in [0.29, 0.717) is 0 Å². The van der Waals surface area contributed by atoms with Crippen LogP contribution < -0.4 is 5.32 Å². The smallest absolute Gasteiger partial charge is 0.310 e. The molecular weight excluding hydrogens is 274 g/mol. The summed E-state index contributed by atoms with van der Waals surface area (Å²) in [5.74, 6) is -0.714. The number of hydrogen-bond acceptors (Lipinski definition) is 5. The first-order valence-electron chi connectivity index (χ1n) is 6.96. The summed E-state index contributed by atoms with van der Waals surface area (Å²) in [6.45, 7) is 1.82. The summed E-state index contributed by atoms with van der Waals surface area (Å²) in [7, 11) is 1.73. The number of nitrogens with one attached hydrogen (secondary N) is 1. The van der Waals surface area contributed by atoms with Gasteiger partial charge in [-0.15, -0.1) is 0 Å². The van der Waals surface area contributed by atoms with Crippen molar-refractivity contribution in [1.29, 1.82) is 0 Å². The van der Waals surface area contributed by atoms with Crippen LogP contribution in [0.15, 0.2) is 18.2 Å². The molecule has 1 aromatic rings. The Balaban J connectivity index is 2.15. The normalized spacial score (nSPS) is 18.8.